The Balaban J connectivity index is 2.51. The van der Waals surface area contributed by atoms with E-state index in [0.29, 0.717) is 16.9 Å². The van der Waals surface area contributed by atoms with Crippen molar-refractivity contribution in [1.29, 1.82) is 0 Å². The summed E-state index contributed by atoms with van der Waals surface area (Å²) < 4.78 is 13.4. The molecule has 0 radical (unpaired) electrons. The SMILES string of the molecule is CCCNc1ccc([N+](=O)[O-])c(-c2ccc(F)c(C)c2)n1. The Bertz CT molecular complexity index is 674. The first-order valence-corrected chi connectivity index (χ1v) is 6.68. The first-order chi connectivity index (χ1) is 10.0. The minimum absolute atomic E-state index is 0.0944. The van der Waals surface area contributed by atoms with E-state index in [9.17, 15) is 14.5 Å². The lowest BCUT2D eigenvalue weighted by molar-refractivity contribution is -0.384. The molecule has 5 nitrogen and oxygen atoms in total. The molecule has 6 heteroatoms. The molecular formula is C15H16FN3O2. The maximum Gasteiger partial charge on any atom is 0.295 e. The molecule has 110 valence electrons. The van der Waals surface area contributed by atoms with Gasteiger partial charge in [-0.3, -0.25) is 10.1 Å². The van der Waals surface area contributed by atoms with E-state index >= 15 is 0 Å². The minimum atomic E-state index is -0.482. The van der Waals surface area contributed by atoms with Gasteiger partial charge in [0.1, 0.15) is 11.6 Å². The quantitative estimate of drug-likeness (QED) is 0.669. The Morgan fingerprint density at radius 2 is 2.10 bits per heavy atom. The van der Waals surface area contributed by atoms with Gasteiger partial charge in [0, 0.05) is 18.2 Å². The molecule has 0 aliphatic rings. The van der Waals surface area contributed by atoms with Gasteiger partial charge in [0.05, 0.1) is 4.92 Å². The summed E-state index contributed by atoms with van der Waals surface area (Å²) in [4.78, 5) is 15.0. The molecule has 1 N–H and O–H groups in total. The Hall–Kier alpha value is -2.50. The van der Waals surface area contributed by atoms with Crippen LogP contribution < -0.4 is 5.32 Å². The summed E-state index contributed by atoms with van der Waals surface area (Å²) in [5, 5.41) is 14.2. The number of benzene rings is 1. The van der Waals surface area contributed by atoms with Crippen molar-refractivity contribution in [2.45, 2.75) is 20.3 Å². The van der Waals surface area contributed by atoms with E-state index < -0.39 is 4.92 Å². The summed E-state index contributed by atoms with van der Waals surface area (Å²) in [5.74, 6) is 0.223. The maximum atomic E-state index is 13.4. The van der Waals surface area contributed by atoms with Gasteiger partial charge in [0.2, 0.25) is 0 Å². The number of nitro groups is 1. The van der Waals surface area contributed by atoms with Crippen LogP contribution in [-0.4, -0.2) is 16.5 Å². The largest absolute Gasteiger partial charge is 0.370 e. The lowest BCUT2D eigenvalue weighted by Gasteiger charge is -2.08. The van der Waals surface area contributed by atoms with Crippen LogP contribution in [-0.2, 0) is 0 Å². The molecule has 0 fully saturated rings. The molecule has 0 bridgehead atoms. The van der Waals surface area contributed by atoms with Gasteiger partial charge in [-0.15, -0.1) is 0 Å². The number of aryl methyl sites for hydroxylation is 1. The summed E-state index contributed by atoms with van der Waals surface area (Å²) >= 11 is 0. The van der Waals surface area contributed by atoms with Crippen molar-refractivity contribution in [3.63, 3.8) is 0 Å². The molecule has 2 rings (SSSR count). The zero-order valence-electron chi connectivity index (χ0n) is 11.9. The molecule has 0 aliphatic heterocycles. The van der Waals surface area contributed by atoms with Gasteiger partial charge in [-0.25, -0.2) is 9.37 Å². The van der Waals surface area contributed by atoms with Crippen molar-refractivity contribution in [3.05, 3.63) is 51.8 Å². The van der Waals surface area contributed by atoms with Gasteiger partial charge in [-0.05, 0) is 43.2 Å². The molecular weight excluding hydrogens is 273 g/mol. The number of nitrogens with one attached hydrogen (secondary N) is 1. The number of nitrogens with zero attached hydrogens (tertiary/aromatic N) is 2. The van der Waals surface area contributed by atoms with Gasteiger partial charge in [0.25, 0.3) is 5.69 Å². The predicted molar refractivity (Wildman–Crippen MR) is 79.8 cm³/mol. The van der Waals surface area contributed by atoms with Crippen molar-refractivity contribution in [3.8, 4) is 11.3 Å². The van der Waals surface area contributed by atoms with Crippen molar-refractivity contribution in [2.75, 3.05) is 11.9 Å². The summed E-state index contributed by atoms with van der Waals surface area (Å²) in [6, 6.07) is 7.35. The second-order valence-electron chi connectivity index (χ2n) is 4.71. The molecule has 1 aromatic heterocycles. The van der Waals surface area contributed by atoms with Crippen LogP contribution in [0, 0.1) is 22.9 Å². The second-order valence-corrected chi connectivity index (χ2v) is 4.71. The summed E-state index contributed by atoms with van der Waals surface area (Å²) in [5.41, 5.74) is 1.10. The van der Waals surface area contributed by atoms with E-state index in [4.69, 9.17) is 0 Å². The summed E-state index contributed by atoms with van der Waals surface area (Å²) in [7, 11) is 0. The van der Waals surface area contributed by atoms with Crippen LogP contribution >= 0.6 is 0 Å². The normalized spacial score (nSPS) is 10.4. The van der Waals surface area contributed by atoms with Crippen LogP contribution in [0.25, 0.3) is 11.3 Å². The van der Waals surface area contributed by atoms with E-state index in [1.54, 1.807) is 19.1 Å². The lowest BCUT2D eigenvalue weighted by Crippen LogP contribution is -2.04. The molecule has 0 saturated carbocycles. The Labute approximate surface area is 122 Å². The molecule has 0 spiro atoms. The van der Waals surface area contributed by atoms with Crippen LogP contribution in [0.1, 0.15) is 18.9 Å². The number of hydrogen-bond donors (Lipinski definition) is 1. The first kappa shape index (κ1) is 14.9. The van der Waals surface area contributed by atoms with Crippen molar-refractivity contribution in [1.82, 2.24) is 4.98 Å². The van der Waals surface area contributed by atoms with Gasteiger partial charge in [-0.2, -0.15) is 0 Å². The Kier molecular flexibility index (Phi) is 4.47. The average Bonchev–Trinajstić information content (AvgIpc) is 2.47. The van der Waals surface area contributed by atoms with E-state index in [1.165, 1.54) is 18.2 Å². The molecule has 2 aromatic rings. The van der Waals surface area contributed by atoms with Crippen molar-refractivity contribution >= 4 is 11.5 Å². The topological polar surface area (TPSA) is 68.1 Å². The van der Waals surface area contributed by atoms with E-state index in [2.05, 4.69) is 10.3 Å². The van der Waals surface area contributed by atoms with E-state index in [-0.39, 0.29) is 17.2 Å². The van der Waals surface area contributed by atoms with E-state index in [1.807, 2.05) is 6.92 Å². The van der Waals surface area contributed by atoms with Gasteiger partial charge in [-0.1, -0.05) is 6.92 Å². The van der Waals surface area contributed by atoms with Crippen molar-refractivity contribution < 1.29 is 9.31 Å². The number of pyridine rings is 1. The molecule has 0 amide bonds. The predicted octanol–water partition coefficient (Wildman–Crippen LogP) is 3.93. The fourth-order valence-corrected chi connectivity index (χ4v) is 1.96. The molecule has 1 aromatic carbocycles. The highest BCUT2D eigenvalue weighted by Gasteiger charge is 2.18. The third-order valence-electron chi connectivity index (χ3n) is 3.06. The number of halogens is 1. The molecule has 1 heterocycles. The lowest BCUT2D eigenvalue weighted by atomic mass is 10.1. The Morgan fingerprint density at radius 3 is 2.71 bits per heavy atom. The van der Waals surface area contributed by atoms with Crippen LogP contribution in [0.2, 0.25) is 0 Å². The third-order valence-corrected chi connectivity index (χ3v) is 3.06. The van der Waals surface area contributed by atoms with Crippen LogP contribution in [0.4, 0.5) is 15.9 Å². The fraction of sp³-hybridized carbons (Fsp3) is 0.267. The van der Waals surface area contributed by atoms with Crippen LogP contribution in [0.5, 0.6) is 0 Å². The molecule has 0 unspecified atom stereocenters. The molecule has 0 saturated heterocycles. The minimum Gasteiger partial charge on any atom is -0.370 e. The number of aromatic nitrogens is 1. The van der Waals surface area contributed by atoms with Crippen LogP contribution in [0.3, 0.4) is 0 Å². The number of hydrogen-bond acceptors (Lipinski definition) is 4. The van der Waals surface area contributed by atoms with E-state index in [0.717, 1.165) is 13.0 Å². The Morgan fingerprint density at radius 1 is 1.33 bits per heavy atom. The zero-order chi connectivity index (χ0) is 15.4. The zero-order valence-corrected chi connectivity index (χ0v) is 11.9. The van der Waals surface area contributed by atoms with Crippen LogP contribution in [0.15, 0.2) is 30.3 Å². The third kappa shape index (κ3) is 3.34. The monoisotopic (exact) mass is 289 g/mol. The van der Waals surface area contributed by atoms with Gasteiger partial charge < -0.3 is 5.32 Å². The van der Waals surface area contributed by atoms with Gasteiger partial charge in [0.15, 0.2) is 5.69 Å². The average molecular weight is 289 g/mol. The number of anilines is 1. The summed E-state index contributed by atoms with van der Waals surface area (Å²) in [6.07, 6.45) is 0.920. The highest BCUT2D eigenvalue weighted by molar-refractivity contribution is 5.71. The first-order valence-electron chi connectivity index (χ1n) is 6.68. The van der Waals surface area contributed by atoms with Crippen molar-refractivity contribution in [2.24, 2.45) is 0 Å². The maximum absolute atomic E-state index is 13.4. The molecule has 0 atom stereocenters. The highest BCUT2D eigenvalue weighted by atomic mass is 19.1. The smallest absolute Gasteiger partial charge is 0.295 e. The summed E-state index contributed by atoms with van der Waals surface area (Å²) in [6.45, 7) is 4.36. The van der Waals surface area contributed by atoms with Gasteiger partial charge >= 0.3 is 0 Å². The highest BCUT2D eigenvalue weighted by Crippen LogP contribution is 2.30. The number of rotatable bonds is 5. The molecule has 21 heavy (non-hydrogen) atoms. The molecule has 0 aliphatic carbocycles. The second kappa shape index (κ2) is 6.30. The standard InChI is InChI=1S/C15H16FN3O2/c1-3-8-17-14-7-6-13(19(20)21)15(18-14)11-4-5-12(16)10(2)9-11/h4-7,9H,3,8H2,1-2H3,(H,17,18). The fourth-order valence-electron chi connectivity index (χ4n) is 1.96.